The molecule has 0 aromatic carbocycles. The molecule has 4 unspecified atom stereocenters. The summed E-state index contributed by atoms with van der Waals surface area (Å²) in [4.78, 5) is 0. The molecule has 17 heavy (non-hydrogen) atoms. The van der Waals surface area contributed by atoms with Gasteiger partial charge in [0.2, 0.25) is 0 Å². The first-order chi connectivity index (χ1) is 7.61. The summed E-state index contributed by atoms with van der Waals surface area (Å²) in [6.45, 7) is 2.12. The van der Waals surface area contributed by atoms with Crippen LogP contribution in [0.15, 0.2) is 0 Å². The van der Waals surface area contributed by atoms with Crippen LogP contribution in [0.1, 0.15) is 19.8 Å². The van der Waals surface area contributed by atoms with Crippen molar-refractivity contribution >= 4 is 95.9 Å². The Hall–Kier alpha value is 2.59. The largest absolute Gasteiger partial charge is 0.333 e. The normalized spacial score (nSPS) is 33.8. The lowest BCUT2D eigenvalue weighted by molar-refractivity contribution is 0.426. The molecule has 0 radical (unpaired) electrons. The molecular weight excluding hydrogens is 387 g/mol. The Morgan fingerprint density at radius 1 is 1.41 bits per heavy atom. The molecule has 0 aromatic heterocycles. The SMILES string of the molecule is CC1CCC(C(S)[S-](=S)=S)(C(S)S(=S)(=S)S)N1. The molecule has 102 valence electrons. The fourth-order valence-electron chi connectivity index (χ4n) is 2.01. The number of hydrogen-bond donors (Lipinski definition) is 4. The highest BCUT2D eigenvalue weighted by Gasteiger charge is 2.46. The number of thiol groups is 3. The monoisotopic (exact) mass is 400 g/mol. The van der Waals surface area contributed by atoms with Gasteiger partial charge in [-0.1, -0.05) is 0 Å². The fourth-order valence-corrected chi connectivity index (χ4v) is 7.26. The van der Waals surface area contributed by atoms with Crippen molar-refractivity contribution < 1.29 is 0 Å². The van der Waals surface area contributed by atoms with Crippen molar-refractivity contribution in [2.24, 2.45) is 0 Å². The summed E-state index contributed by atoms with van der Waals surface area (Å²) in [5.74, 6) is 0. The summed E-state index contributed by atoms with van der Waals surface area (Å²) < 4.78 is -0.374. The number of nitrogens with one attached hydrogen (secondary N) is 1. The second kappa shape index (κ2) is 6.57. The molecule has 0 bridgehead atoms. The first kappa shape index (κ1) is 17.6. The van der Waals surface area contributed by atoms with Crippen molar-refractivity contribution in [3.05, 3.63) is 0 Å². The van der Waals surface area contributed by atoms with E-state index in [1.54, 1.807) is 0 Å². The summed E-state index contributed by atoms with van der Waals surface area (Å²) in [5.41, 5.74) is -0.376. The van der Waals surface area contributed by atoms with Crippen LogP contribution in [0.2, 0.25) is 0 Å². The van der Waals surface area contributed by atoms with Crippen LogP contribution in [0, 0.1) is 0 Å². The maximum absolute atomic E-state index is 5.31. The molecule has 0 saturated carbocycles. The van der Waals surface area contributed by atoms with Crippen molar-refractivity contribution in [1.82, 2.24) is 5.32 Å². The van der Waals surface area contributed by atoms with E-state index in [9.17, 15) is 0 Å². The Kier molecular flexibility index (Phi) is 6.82. The van der Waals surface area contributed by atoms with E-state index >= 15 is 0 Å². The van der Waals surface area contributed by atoms with Crippen molar-refractivity contribution in [2.75, 3.05) is 0 Å². The Labute approximate surface area is 140 Å². The second-order valence-corrected chi connectivity index (χ2v) is 18.1. The van der Waals surface area contributed by atoms with Crippen molar-refractivity contribution in [3.8, 4) is 0 Å². The van der Waals surface area contributed by atoms with Crippen molar-refractivity contribution in [3.63, 3.8) is 0 Å². The van der Waals surface area contributed by atoms with Crippen LogP contribution in [-0.4, -0.2) is 20.7 Å². The zero-order valence-corrected chi connectivity index (χ0v) is 16.5. The van der Waals surface area contributed by atoms with Gasteiger partial charge in [0, 0.05) is 11.6 Å². The molecule has 1 rings (SSSR count). The van der Waals surface area contributed by atoms with Gasteiger partial charge in [-0.15, -0.1) is 11.7 Å². The van der Waals surface area contributed by atoms with E-state index in [4.69, 9.17) is 44.8 Å². The Morgan fingerprint density at radius 3 is 2.24 bits per heavy atom. The van der Waals surface area contributed by atoms with Gasteiger partial charge in [0.1, 0.15) is 0 Å². The summed E-state index contributed by atoms with van der Waals surface area (Å²) in [7, 11) is -0.654. The minimum absolute atomic E-state index is 0.148. The lowest BCUT2D eigenvalue weighted by atomic mass is 10.0. The molecule has 1 saturated heterocycles. The molecule has 0 spiro atoms. The van der Waals surface area contributed by atoms with Gasteiger partial charge in [-0.25, -0.2) is 0 Å². The first-order valence-electron chi connectivity index (χ1n) is 4.79. The van der Waals surface area contributed by atoms with Crippen LogP contribution >= 0.6 is 36.9 Å². The van der Waals surface area contributed by atoms with E-state index in [1.807, 2.05) is 0 Å². The van der Waals surface area contributed by atoms with E-state index < -0.39 is 14.2 Å². The van der Waals surface area contributed by atoms with Crippen molar-refractivity contribution in [2.45, 2.75) is 40.5 Å². The summed E-state index contributed by atoms with van der Waals surface area (Å²) in [6.07, 6.45) is 0.00951. The zero-order chi connectivity index (χ0) is 13.4. The lowest BCUT2D eigenvalue weighted by Gasteiger charge is -2.44. The van der Waals surface area contributed by atoms with Gasteiger partial charge in [-0.05, 0) is 52.9 Å². The van der Waals surface area contributed by atoms with Crippen LogP contribution in [0.3, 0.4) is 0 Å². The average Bonchev–Trinajstić information content (AvgIpc) is 2.58. The Balaban J connectivity index is 3.21. The molecule has 1 heterocycles. The van der Waals surface area contributed by atoms with Crippen LogP contribution in [-0.2, 0) is 58.9 Å². The standard InChI is InChI=1S/C7H14NS9/c1-4-2-3-7(8-4,5(9)16(11)12)6(10)17(13,14)15/h4-6,8-10H,2-3H2,1H3,(H,13,14,15)/q-1. The van der Waals surface area contributed by atoms with Gasteiger partial charge in [0.25, 0.3) is 0 Å². The molecule has 0 amide bonds. The summed E-state index contributed by atoms with van der Waals surface area (Å²) in [5, 5.41) is 3.51. The van der Waals surface area contributed by atoms with E-state index in [1.165, 1.54) is 0 Å². The number of rotatable bonds is 4. The van der Waals surface area contributed by atoms with E-state index in [0.29, 0.717) is 6.04 Å². The molecule has 0 aromatic rings. The average molecular weight is 401 g/mol. The van der Waals surface area contributed by atoms with Gasteiger partial charge in [0.05, 0.1) is 4.58 Å². The van der Waals surface area contributed by atoms with Gasteiger partial charge in [0.15, 0.2) is 0 Å². The lowest BCUT2D eigenvalue weighted by Crippen LogP contribution is -2.58. The van der Waals surface area contributed by atoms with Crippen LogP contribution < -0.4 is 5.32 Å². The van der Waals surface area contributed by atoms with Gasteiger partial charge in [-0.2, -0.15) is 25.3 Å². The van der Waals surface area contributed by atoms with E-state index in [-0.39, 0.29) is 14.7 Å². The Bertz CT molecular complexity index is 444. The Morgan fingerprint density at radius 2 is 1.94 bits per heavy atom. The third-order valence-corrected chi connectivity index (χ3v) is 12.3. The maximum atomic E-state index is 5.31. The molecule has 4 atom stereocenters. The topological polar surface area (TPSA) is 12.0 Å². The molecular formula is C7H14NS9-. The molecule has 1 nitrogen and oxygen atoms in total. The van der Waals surface area contributed by atoms with E-state index in [0.717, 1.165) is 12.8 Å². The van der Waals surface area contributed by atoms with Crippen LogP contribution in [0.5, 0.6) is 0 Å². The van der Waals surface area contributed by atoms with Gasteiger partial charge >= 0.3 is 0 Å². The van der Waals surface area contributed by atoms with Gasteiger partial charge in [-0.3, -0.25) is 22.4 Å². The molecule has 1 N–H and O–H groups in total. The second-order valence-electron chi connectivity index (χ2n) is 4.10. The van der Waals surface area contributed by atoms with Crippen LogP contribution in [0.25, 0.3) is 0 Å². The highest BCUT2D eigenvalue weighted by Crippen LogP contribution is 2.39. The first-order valence-corrected chi connectivity index (χ1v) is 13.6. The molecule has 10 heteroatoms. The third-order valence-electron chi connectivity index (χ3n) is 2.85. The van der Waals surface area contributed by atoms with Crippen LogP contribution in [0.4, 0.5) is 0 Å². The molecule has 0 aliphatic carbocycles. The predicted molar refractivity (Wildman–Crippen MR) is 103 cm³/mol. The number of hydrogen-bond acceptors (Lipinski definition) is 8. The molecule has 1 fully saturated rings. The smallest absolute Gasteiger partial charge is 0.0821 e. The highest BCUT2D eigenvalue weighted by atomic mass is 33.5. The maximum Gasteiger partial charge on any atom is 0.0821 e. The highest BCUT2D eigenvalue weighted by molar-refractivity contribution is 8.94. The fraction of sp³-hybridized carbons (Fsp3) is 1.00. The molecule has 1 aliphatic heterocycles. The van der Waals surface area contributed by atoms with Gasteiger partial charge < -0.3 is 13.3 Å². The minimum Gasteiger partial charge on any atom is -0.333 e. The third kappa shape index (κ3) is 4.04. The van der Waals surface area contributed by atoms with Crippen molar-refractivity contribution in [1.29, 1.82) is 0 Å². The van der Waals surface area contributed by atoms with E-state index in [2.05, 4.69) is 49.2 Å². The zero-order valence-electron chi connectivity index (χ0n) is 8.94. The summed E-state index contributed by atoms with van der Waals surface area (Å²) in [6, 6.07) is 0.382. The summed E-state index contributed by atoms with van der Waals surface area (Å²) >= 11 is 34.6. The molecule has 1 aliphatic rings. The quantitative estimate of drug-likeness (QED) is 0.323. The predicted octanol–water partition coefficient (Wildman–Crippen LogP) is 1.47. The minimum atomic E-state index is -1.92.